The summed E-state index contributed by atoms with van der Waals surface area (Å²) >= 11 is 0. The summed E-state index contributed by atoms with van der Waals surface area (Å²) in [6.07, 6.45) is 4.64. The third-order valence-corrected chi connectivity index (χ3v) is 4.09. The summed E-state index contributed by atoms with van der Waals surface area (Å²) in [7, 11) is -1.89. The summed E-state index contributed by atoms with van der Waals surface area (Å²) < 4.78 is 29.6. The molecule has 0 aliphatic heterocycles. The third kappa shape index (κ3) is 3.19. The van der Waals surface area contributed by atoms with Gasteiger partial charge in [0.1, 0.15) is 0 Å². The van der Waals surface area contributed by atoms with Crippen molar-refractivity contribution < 1.29 is 13.5 Å². The number of aryl methyl sites for hydroxylation is 1. The normalized spacial score (nSPS) is 11.9. The Morgan fingerprint density at radius 1 is 1.47 bits per heavy atom. The van der Waals surface area contributed by atoms with Gasteiger partial charge in [-0.15, -0.1) is 5.10 Å². The standard InChI is InChI=1S/C10H15N5O3S/c1-14-7-10(6-9(14)8-16)19(17,18)12-3-5-15-4-2-11-13-15/h2,4,6-7,12,16H,3,5,8H2,1H3. The van der Waals surface area contributed by atoms with E-state index in [9.17, 15) is 8.42 Å². The summed E-state index contributed by atoms with van der Waals surface area (Å²) in [6, 6.07) is 1.44. The molecule has 0 radical (unpaired) electrons. The van der Waals surface area contributed by atoms with Crippen LogP contribution in [0.2, 0.25) is 0 Å². The predicted octanol–water partition coefficient (Wildman–Crippen LogP) is -0.913. The molecule has 0 saturated carbocycles. The Bertz CT molecular complexity index is 632. The first-order valence-corrected chi connectivity index (χ1v) is 7.11. The topological polar surface area (TPSA) is 102 Å². The van der Waals surface area contributed by atoms with Gasteiger partial charge in [0.15, 0.2) is 0 Å². The van der Waals surface area contributed by atoms with Gasteiger partial charge in [0.05, 0.1) is 24.2 Å². The fourth-order valence-electron chi connectivity index (χ4n) is 1.61. The molecule has 0 bridgehead atoms. The Labute approximate surface area is 110 Å². The number of aromatic nitrogens is 4. The first-order valence-electron chi connectivity index (χ1n) is 5.63. The monoisotopic (exact) mass is 285 g/mol. The van der Waals surface area contributed by atoms with Crippen LogP contribution in [-0.2, 0) is 30.2 Å². The van der Waals surface area contributed by atoms with Crippen LogP contribution in [0, 0.1) is 0 Å². The zero-order valence-corrected chi connectivity index (χ0v) is 11.2. The fourth-order valence-corrected chi connectivity index (χ4v) is 2.73. The van der Waals surface area contributed by atoms with Crippen molar-refractivity contribution in [3.8, 4) is 0 Å². The Hall–Kier alpha value is -1.71. The molecule has 2 N–H and O–H groups in total. The zero-order chi connectivity index (χ0) is 13.9. The molecule has 0 amide bonds. The highest BCUT2D eigenvalue weighted by atomic mass is 32.2. The Morgan fingerprint density at radius 3 is 2.84 bits per heavy atom. The number of hydrogen-bond donors (Lipinski definition) is 2. The summed E-state index contributed by atoms with van der Waals surface area (Å²) in [4.78, 5) is 0.137. The van der Waals surface area contributed by atoms with Crippen molar-refractivity contribution in [2.24, 2.45) is 7.05 Å². The van der Waals surface area contributed by atoms with E-state index in [1.54, 1.807) is 17.8 Å². The van der Waals surface area contributed by atoms with Gasteiger partial charge >= 0.3 is 0 Å². The molecule has 0 spiro atoms. The van der Waals surface area contributed by atoms with Crippen LogP contribution in [0.1, 0.15) is 5.69 Å². The van der Waals surface area contributed by atoms with E-state index in [1.165, 1.54) is 23.1 Å². The maximum atomic E-state index is 12.0. The minimum absolute atomic E-state index is 0.137. The summed E-state index contributed by atoms with van der Waals surface area (Å²) in [5.41, 5.74) is 0.539. The largest absolute Gasteiger partial charge is 0.390 e. The number of nitrogens with one attached hydrogen (secondary N) is 1. The Balaban J connectivity index is 2.01. The molecule has 0 atom stereocenters. The van der Waals surface area contributed by atoms with E-state index in [0.717, 1.165) is 0 Å². The molecule has 19 heavy (non-hydrogen) atoms. The minimum atomic E-state index is -3.57. The lowest BCUT2D eigenvalue weighted by Crippen LogP contribution is -2.27. The van der Waals surface area contributed by atoms with Gasteiger partial charge < -0.3 is 9.67 Å². The number of nitrogens with zero attached hydrogens (tertiary/aromatic N) is 4. The lowest BCUT2D eigenvalue weighted by Gasteiger charge is -2.04. The first-order chi connectivity index (χ1) is 9.03. The van der Waals surface area contributed by atoms with E-state index in [-0.39, 0.29) is 18.0 Å². The van der Waals surface area contributed by atoms with E-state index in [0.29, 0.717) is 12.2 Å². The second-order valence-electron chi connectivity index (χ2n) is 4.00. The minimum Gasteiger partial charge on any atom is -0.390 e. The van der Waals surface area contributed by atoms with Gasteiger partial charge in [0.2, 0.25) is 10.0 Å². The second-order valence-corrected chi connectivity index (χ2v) is 5.77. The molecule has 2 aromatic heterocycles. The summed E-state index contributed by atoms with van der Waals surface area (Å²) in [5, 5.41) is 16.4. The molecule has 2 heterocycles. The predicted molar refractivity (Wildman–Crippen MR) is 66.5 cm³/mol. The van der Waals surface area contributed by atoms with Crippen molar-refractivity contribution >= 4 is 10.0 Å². The fraction of sp³-hybridized carbons (Fsp3) is 0.400. The van der Waals surface area contributed by atoms with Crippen molar-refractivity contribution in [1.82, 2.24) is 24.3 Å². The van der Waals surface area contributed by atoms with Gasteiger partial charge in [-0.2, -0.15) is 0 Å². The van der Waals surface area contributed by atoms with Gasteiger partial charge in [-0.3, -0.25) is 4.68 Å². The van der Waals surface area contributed by atoms with Crippen LogP contribution in [0.15, 0.2) is 29.6 Å². The van der Waals surface area contributed by atoms with Crippen LogP contribution in [0.25, 0.3) is 0 Å². The van der Waals surface area contributed by atoms with Crippen LogP contribution in [0.3, 0.4) is 0 Å². The van der Waals surface area contributed by atoms with E-state index < -0.39 is 10.0 Å². The van der Waals surface area contributed by atoms with Crippen molar-refractivity contribution in [2.45, 2.75) is 18.0 Å². The average Bonchev–Trinajstić information content (AvgIpc) is 2.98. The number of sulfonamides is 1. The molecule has 104 valence electrons. The Kier molecular flexibility index (Phi) is 3.98. The molecule has 2 aromatic rings. The van der Waals surface area contributed by atoms with Crippen LogP contribution in [-0.4, -0.2) is 39.6 Å². The lowest BCUT2D eigenvalue weighted by atomic mass is 10.5. The summed E-state index contributed by atoms with van der Waals surface area (Å²) in [6.45, 7) is 0.416. The highest BCUT2D eigenvalue weighted by molar-refractivity contribution is 7.89. The number of hydrogen-bond acceptors (Lipinski definition) is 5. The lowest BCUT2D eigenvalue weighted by molar-refractivity contribution is 0.272. The SMILES string of the molecule is Cn1cc(S(=O)(=O)NCCn2ccnn2)cc1CO. The number of rotatable bonds is 6. The maximum Gasteiger partial charge on any atom is 0.242 e. The van der Waals surface area contributed by atoms with E-state index in [1.807, 2.05) is 0 Å². The molecule has 0 saturated heterocycles. The molecular formula is C10H15N5O3S. The maximum absolute atomic E-state index is 12.0. The number of aliphatic hydroxyl groups is 1. The third-order valence-electron chi connectivity index (χ3n) is 2.66. The molecule has 0 aliphatic carbocycles. The van der Waals surface area contributed by atoms with Crippen molar-refractivity contribution in [1.29, 1.82) is 0 Å². The number of aliphatic hydroxyl groups excluding tert-OH is 1. The summed E-state index contributed by atoms with van der Waals surface area (Å²) in [5.74, 6) is 0. The van der Waals surface area contributed by atoms with Crippen molar-refractivity contribution in [3.05, 3.63) is 30.4 Å². The Morgan fingerprint density at radius 2 is 2.26 bits per heavy atom. The second kappa shape index (κ2) is 5.51. The molecule has 8 nitrogen and oxygen atoms in total. The van der Waals surface area contributed by atoms with Gasteiger partial charge in [-0.1, -0.05) is 5.21 Å². The molecule has 0 aromatic carbocycles. The van der Waals surface area contributed by atoms with Gasteiger partial charge in [0.25, 0.3) is 0 Å². The molecular weight excluding hydrogens is 270 g/mol. The van der Waals surface area contributed by atoms with Crippen LogP contribution < -0.4 is 4.72 Å². The average molecular weight is 285 g/mol. The van der Waals surface area contributed by atoms with E-state index in [2.05, 4.69) is 15.0 Å². The van der Waals surface area contributed by atoms with Crippen LogP contribution in [0.4, 0.5) is 0 Å². The smallest absolute Gasteiger partial charge is 0.242 e. The molecule has 0 aliphatic rings. The van der Waals surface area contributed by atoms with Crippen molar-refractivity contribution in [3.63, 3.8) is 0 Å². The molecule has 0 fully saturated rings. The van der Waals surface area contributed by atoms with Gasteiger partial charge in [0, 0.05) is 31.7 Å². The van der Waals surface area contributed by atoms with E-state index >= 15 is 0 Å². The molecule has 0 unspecified atom stereocenters. The first kappa shape index (κ1) is 13.7. The van der Waals surface area contributed by atoms with Crippen LogP contribution in [0.5, 0.6) is 0 Å². The quantitative estimate of drug-likeness (QED) is 0.715. The van der Waals surface area contributed by atoms with Crippen LogP contribution >= 0.6 is 0 Å². The zero-order valence-electron chi connectivity index (χ0n) is 10.4. The van der Waals surface area contributed by atoms with Crippen molar-refractivity contribution in [2.75, 3.05) is 6.54 Å². The van der Waals surface area contributed by atoms with E-state index in [4.69, 9.17) is 5.11 Å². The molecule has 2 rings (SSSR count). The molecule has 9 heteroatoms. The van der Waals surface area contributed by atoms with Gasteiger partial charge in [-0.25, -0.2) is 13.1 Å². The highest BCUT2D eigenvalue weighted by Gasteiger charge is 2.16. The van der Waals surface area contributed by atoms with Gasteiger partial charge in [-0.05, 0) is 6.07 Å². The highest BCUT2D eigenvalue weighted by Crippen LogP contribution is 2.13.